The Bertz CT molecular complexity index is 160. The van der Waals surface area contributed by atoms with Crippen molar-refractivity contribution in [2.75, 3.05) is 0 Å². The van der Waals surface area contributed by atoms with Gasteiger partial charge < -0.3 is 0 Å². The molecule has 0 aromatic heterocycles. The van der Waals surface area contributed by atoms with Crippen LogP contribution in [-0.2, 0) is 21.8 Å². The van der Waals surface area contributed by atoms with Crippen LogP contribution in [0.3, 0.4) is 0 Å². The summed E-state index contributed by atoms with van der Waals surface area (Å²) in [7, 11) is 0. The molecular formula is C6H5ClOV. The molecule has 0 aliphatic rings. The molecule has 0 spiro atoms. The van der Waals surface area contributed by atoms with Gasteiger partial charge in [0.1, 0.15) is 0 Å². The van der Waals surface area contributed by atoms with Crippen LogP contribution in [0, 0.1) is 0 Å². The fourth-order valence-corrected chi connectivity index (χ4v) is 0.514. The van der Waals surface area contributed by atoms with E-state index in [0.717, 1.165) is 0 Å². The summed E-state index contributed by atoms with van der Waals surface area (Å²) in [5, 5.41) is 0.437. The summed E-state index contributed by atoms with van der Waals surface area (Å²) in [6.45, 7) is 0. The van der Waals surface area contributed by atoms with E-state index in [-0.39, 0.29) is 0 Å². The van der Waals surface area contributed by atoms with Crippen LogP contribution in [-0.4, -0.2) is 11.0 Å². The van der Waals surface area contributed by atoms with E-state index < -0.39 is 0 Å². The number of halogens is 1. The van der Waals surface area contributed by atoms with E-state index >= 15 is 0 Å². The van der Waals surface area contributed by atoms with Crippen LogP contribution < -0.4 is 0 Å². The molecule has 0 bridgehead atoms. The Balaban J connectivity index is 3.88. The Morgan fingerprint density at radius 1 is 1.56 bits per heavy atom. The summed E-state index contributed by atoms with van der Waals surface area (Å²) in [6.07, 6.45) is 5.31. The molecule has 0 saturated carbocycles. The number of hydrogen-bond acceptors (Lipinski definition) is 1. The van der Waals surface area contributed by atoms with Crippen LogP contribution in [0.5, 0.6) is 0 Å². The monoisotopic (exact) mass is 179 g/mol. The van der Waals surface area contributed by atoms with Gasteiger partial charge in [-0.05, 0) is 0 Å². The number of allylic oxidation sites excluding steroid dienone is 4. The van der Waals surface area contributed by atoms with Crippen molar-refractivity contribution in [1.82, 2.24) is 0 Å². The van der Waals surface area contributed by atoms with Gasteiger partial charge in [0.15, 0.2) is 0 Å². The molecule has 0 aliphatic heterocycles. The number of carbonyl (C=O) groups is 1. The predicted octanol–water partition coefficient (Wildman–Crippen LogP) is 1.21. The molecule has 0 aromatic carbocycles. The molecule has 47 valence electrons. The van der Waals surface area contributed by atoms with Gasteiger partial charge in [0.2, 0.25) is 0 Å². The molecule has 0 heterocycles. The summed E-state index contributed by atoms with van der Waals surface area (Å²) in [5.41, 5.74) is 0. The third-order valence-corrected chi connectivity index (χ3v) is 1.09. The molecule has 1 nitrogen and oxygen atoms in total. The van der Waals surface area contributed by atoms with E-state index in [2.05, 4.69) is 17.0 Å². The first-order valence-electron chi connectivity index (χ1n) is 2.26. The van der Waals surface area contributed by atoms with Crippen LogP contribution in [0.4, 0.5) is 0 Å². The number of carbonyl (C=O) groups excluding carboxylic acids is 1. The van der Waals surface area contributed by atoms with Crippen molar-refractivity contribution in [1.29, 1.82) is 0 Å². The molecule has 0 atom stereocenters. The topological polar surface area (TPSA) is 17.1 Å². The molecule has 0 amide bonds. The van der Waals surface area contributed by atoms with Crippen molar-refractivity contribution < 1.29 is 21.8 Å². The number of rotatable bonds is 3. The van der Waals surface area contributed by atoms with Gasteiger partial charge >= 0.3 is 67.7 Å². The summed E-state index contributed by atoms with van der Waals surface area (Å²) >= 11 is 7.74. The maximum absolute atomic E-state index is 9.77. The predicted molar refractivity (Wildman–Crippen MR) is 35.2 cm³/mol. The fraction of sp³-hybridized carbons (Fsp3) is 0. The molecule has 0 radical (unpaired) electrons. The first-order chi connectivity index (χ1) is 4.31. The van der Waals surface area contributed by atoms with E-state index in [0.29, 0.717) is 11.3 Å². The molecule has 0 fully saturated rings. The maximum atomic E-state index is 9.77. The van der Waals surface area contributed by atoms with Gasteiger partial charge in [0.25, 0.3) is 0 Å². The minimum absolute atomic E-state index is 0.437. The zero-order valence-corrected chi connectivity index (χ0v) is 6.77. The molecule has 3 heteroatoms. The van der Waals surface area contributed by atoms with Gasteiger partial charge in [0.05, 0.1) is 0 Å². The minimum atomic E-state index is 0.437. The molecular weight excluding hydrogens is 174 g/mol. The fourth-order valence-electron chi connectivity index (χ4n) is 0.256. The van der Waals surface area contributed by atoms with Crippen molar-refractivity contribution in [2.24, 2.45) is 0 Å². The Morgan fingerprint density at radius 2 is 2.22 bits per heavy atom. The summed E-state index contributed by atoms with van der Waals surface area (Å²) in [6, 6.07) is 0. The Morgan fingerprint density at radius 3 is 2.67 bits per heavy atom. The summed E-state index contributed by atoms with van der Waals surface area (Å²) < 4.78 is 1.77. The van der Waals surface area contributed by atoms with Gasteiger partial charge in [-0.3, -0.25) is 0 Å². The average Bonchev–Trinajstić information content (AvgIpc) is 1.85. The van der Waals surface area contributed by atoms with Gasteiger partial charge in [-0.2, -0.15) is 0 Å². The Labute approximate surface area is 67.9 Å². The van der Waals surface area contributed by atoms with Crippen molar-refractivity contribution >= 4 is 22.6 Å². The van der Waals surface area contributed by atoms with Crippen molar-refractivity contribution in [2.45, 2.75) is 0 Å². The molecule has 0 aromatic rings. The summed E-state index contributed by atoms with van der Waals surface area (Å²) in [5.74, 6) is 0. The van der Waals surface area contributed by atoms with Crippen LogP contribution >= 0.6 is 11.6 Å². The van der Waals surface area contributed by atoms with E-state index in [1.165, 1.54) is 6.08 Å². The number of aldehydes is 1. The van der Waals surface area contributed by atoms with Crippen molar-refractivity contribution in [3.8, 4) is 0 Å². The molecule has 0 unspecified atom stereocenters. The zero-order valence-electron chi connectivity index (χ0n) is 4.62. The van der Waals surface area contributed by atoms with Crippen LogP contribution in [0.2, 0.25) is 0 Å². The van der Waals surface area contributed by atoms with Gasteiger partial charge in [-0.15, -0.1) is 0 Å². The van der Waals surface area contributed by atoms with Crippen LogP contribution in [0.15, 0.2) is 23.3 Å². The van der Waals surface area contributed by atoms with Crippen LogP contribution in [0.25, 0.3) is 0 Å². The third kappa shape index (κ3) is 5.77. The van der Waals surface area contributed by atoms with Gasteiger partial charge in [-0.1, -0.05) is 0 Å². The van der Waals surface area contributed by atoms with E-state index in [1.807, 2.05) is 0 Å². The van der Waals surface area contributed by atoms with E-state index in [1.54, 1.807) is 16.9 Å². The molecule has 0 aliphatic carbocycles. The number of hydrogen-bond donors (Lipinski definition) is 0. The Kier molecular flexibility index (Phi) is 5.95. The second kappa shape index (κ2) is 6.02. The van der Waals surface area contributed by atoms with Gasteiger partial charge in [-0.25, -0.2) is 0 Å². The second-order valence-electron chi connectivity index (χ2n) is 1.20. The third-order valence-electron chi connectivity index (χ3n) is 0.569. The molecule has 0 saturated heterocycles. The second-order valence-corrected chi connectivity index (χ2v) is 2.10. The first-order valence-corrected chi connectivity index (χ1v) is 3.44. The average molecular weight is 180 g/mol. The first kappa shape index (κ1) is 8.89. The quantitative estimate of drug-likeness (QED) is 0.362. The van der Waals surface area contributed by atoms with Crippen LogP contribution in [0.1, 0.15) is 0 Å². The summed E-state index contributed by atoms with van der Waals surface area (Å²) in [4.78, 5) is 9.77. The van der Waals surface area contributed by atoms with Crippen molar-refractivity contribution in [3.63, 3.8) is 0 Å². The van der Waals surface area contributed by atoms with E-state index in [9.17, 15) is 4.79 Å². The molecule has 0 N–H and O–H groups in total. The zero-order chi connectivity index (χ0) is 7.11. The molecule has 9 heavy (non-hydrogen) atoms. The van der Waals surface area contributed by atoms with Gasteiger partial charge in [0, 0.05) is 0 Å². The standard InChI is InChI=1S/C6H5ClO.V/c1-2-3-6(7)4-5-8;/h1-5H;/b3-2-,6-4?;. The Hall–Kier alpha value is -0.106. The van der Waals surface area contributed by atoms with Crippen molar-refractivity contribution in [3.05, 3.63) is 23.3 Å². The normalized spacial score (nSPS) is 11.8. The SMILES string of the molecule is O=CC=C(Cl)/C=C\[CH]=[V]. The van der Waals surface area contributed by atoms with E-state index in [4.69, 9.17) is 11.6 Å². The molecule has 0 rings (SSSR count).